The van der Waals surface area contributed by atoms with Crippen LogP contribution in [0.25, 0.3) is 10.6 Å². The lowest BCUT2D eigenvalue weighted by atomic mass is 10.1. The second-order valence-corrected chi connectivity index (χ2v) is 6.68. The summed E-state index contributed by atoms with van der Waals surface area (Å²) in [5.41, 5.74) is 0.764. The summed E-state index contributed by atoms with van der Waals surface area (Å²) >= 11 is 0.882. The number of alkyl halides is 3. The molecule has 3 rings (SSSR count). The first kappa shape index (κ1) is 18.9. The highest BCUT2D eigenvalue weighted by Crippen LogP contribution is 2.33. The SMILES string of the molecule is COc1ccc(Cc2nc(-c3ccc(C(F)(F)F)cc3)sc2C(=O)[O-])cc1. The minimum absolute atomic E-state index is 0.0410. The highest BCUT2D eigenvalue weighted by Gasteiger charge is 2.30. The highest BCUT2D eigenvalue weighted by molar-refractivity contribution is 7.17. The average molecular weight is 392 g/mol. The molecule has 0 bridgehead atoms. The van der Waals surface area contributed by atoms with Gasteiger partial charge in [0.05, 0.1) is 29.2 Å². The zero-order valence-corrected chi connectivity index (χ0v) is 14.9. The Bertz CT molecular complexity index is 948. The van der Waals surface area contributed by atoms with Crippen LogP contribution in [-0.2, 0) is 12.6 Å². The van der Waals surface area contributed by atoms with Crippen LogP contribution < -0.4 is 9.84 Å². The third kappa shape index (κ3) is 4.28. The van der Waals surface area contributed by atoms with Crippen LogP contribution in [0.1, 0.15) is 26.5 Å². The molecular formula is C19H13F3NO3S-. The first-order chi connectivity index (χ1) is 12.8. The van der Waals surface area contributed by atoms with E-state index >= 15 is 0 Å². The molecule has 0 aliphatic heterocycles. The van der Waals surface area contributed by atoms with Crippen molar-refractivity contribution in [1.29, 1.82) is 0 Å². The van der Waals surface area contributed by atoms with E-state index in [0.29, 0.717) is 22.0 Å². The fourth-order valence-electron chi connectivity index (χ4n) is 2.49. The molecule has 3 aromatic rings. The lowest BCUT2D eigenvalue weighted by molar-refractivity contribution is -0.254. The number of nitrogens with zero attached hydrogens (tertiary/aromatic N) is 1. The predicted octanol–water partition coefficient (Wildman–Crippen LogP) is 3.79. The quantitative estimate of drug-likeness (QED) is 0.663. The van der Waals surface area contributed by atoms with Crippen LogP contribution >= 0.6 is 11.3 Å². The number of halogens is 3. The van der Waals surface area contributed by atoms with E-state index < -0.39 is 17.7 Å². The number of carboxylic acid groups (broad SMARTS) is 1. The Morgan fingerprint density at radius 1 is 1.11 bits per heavy atom. The Morgan fingerprint density at radius 2 is 1.74 bits per heavy atom. The van der Waals surface area contributed by atoms with Crippen molar-refractivity contribution in [3.05, 3.63) is 70.2 Å². The first-order valence-corrected chi connectivity index (χ1v) is 8.61. The Balaban J connectivity index is 1.91. The normalized spacial score (nSPS) is 11.4. The molecule has 0 saturated carbocycles. The van der Waals surface area contributed by atoms with Crippen LogP contribution in [0.15, 0.2) is 48.5 Å². The van der Waals surface area contributed by atoms with E-state index in [1.807, 2.05) is 0 Å². The summed E-state index contributed by atoms with van der Waals surface area (Å²) in [7, 11) is 1.54. The maximum absolute atomic E-state index is 12.7. The number of methoxy groups -OCH3 is 1. The molecule has 0 spiro atoms. The van der Waals surface area contributed by atoms with Crippen LogP contribution in [0.2, 0.25) is 0 Å². The summed E-state index contributed by atoms with van der Waals surface area (Å²) < 4.78 is 43.1. The molecule has 27 heavy (non-hydrogen) atoms. The molecule has 0 fully saturated rings. The Hall–Kier alpha value is -2.87. The Labute approximate surface area is 156 Å². The van der Waals surface area contributed by atoms with Crippen molar-refractivity contribution in [2.75, 3.05) is 7.11 Å². The third-order valence-corrected chi connectivity index (χ3v) is 5.00. The largest absolute Gasteiger partial charge is 0.544 e. The maximum atomic E-state index is 12.7. The van der Waals surface area contributed by atoms with Gasteiger partial charge >= 0.3 is 6.18 Å². The molecule has 0 N–H and O–H groups in total. The fourth-order valence-corrected chi connectivity index (χ4v) is 3.42. The lowest BCUT2D eigenvalue weighted by Gasteiger charge is -2.06. The molecule has 4 nitrogen and oxygen atoms in total. The van der Waals surface area contributed by atoms with Crippen LogP contribution in [0.3, 0.4) is 0 Å². The van der Waals surface area contributed by atoms with Crippen molar-refractivity contribution < 1.29 is 27.8 Å². The van der Waals surface area contributed by atoms with Gasteiger partial charge in [-0.3, -0.25) is 0 Å². The number of hydrogen-bond donors (Lipinski definition) is 0. The van der Waals surface area contributed by atoms with Gasteiger partial charge in [-0.2, -0.15) is 13.2 Å². The number of aromatic carboxylic acids is 1. The smallest absolute Gasteiger partial charge is 0.416 e. The summed E-state index contributed by atoms with van der Waals surface area (Å²) in [5, 5.41) is 11.8. The van der Waals surface area contributed by atoms with Crippen molar-refractivity contribution in [3.63, 3.8) is 0 Å². The summed E-state index contributed by atoms with van der Waals surface area (Å²) in [6, 6.07) is 11.5. The molecule has 0 aliphatic rings. The number of carbonyl (C=O) groups excluding carboxylic acids is 1. The number of benzene rings is 2. The minimum atomic E-state index is -4.43. The molecule has 1 aromatic heterocycles. The first-order valence-electron chi connectivity index (χ1n) is 7.79. The molecule has 0 aliphatic carbocycles. The number of rotatable bonds is 5. The third-order valence-electron chi connectivity index (χ3n) is 3.87. The van der Waals surface area contributed by atoms with Crippen molar-refractivity contribution >= 4 is 17.3 Å². The van der Waals surface area contributed by atoms with Gasteiger partial charge in [0.15, 0.2) is 0 Å². The molecule has 0 saturated heterocycles. The van der Waals surface area contributed by atoms with E-state index in [-0.39, 0.29) is 11.3 Å². The van der Waals surface area contributed by atoms with Crippen LogP contribution in [0, 0.1) is 0 Å². The highest BCUT2D eigenvalue weighted by atomic mass is 32.1. The monoisotopic (exact) mass is 392 g/mol. The van der Waals surface area contributed by atoms with Gasteiger partial charge in [-0.05, 0) is 29.8 Å². The molecule has 2 aromatic carbocycles. The van der Waals surface area contributed by atoms with Gasteiger partial charge < -0.3 is 14.6 Å². The summed E-state index contributed by atoms with van der Waals surface area (Å²) in [5.74, 6) is -0.697. The van der Waals surface area contributed by atoms with E-state index in [2.05, 4.69) is 4.98 Å². The van der Waals surface area contributed by atoms with Gasteiger partial charge in [0.25, 0.3) is 0 Å². The number of ether oxygens (including phenoxy) is 1. The molecule has 0 amide bonds. The topological polar surface area (TPSA) is 62.2 Å². The number of carboxylic acids is 1. The van der Waals surface area contributed by atoms with E-state index in [4.69, 9.17) is 4.74 Å². The summed E-state index contributed by atoms with van der Waals surface area (Å²) in [4.78, 5) is 15.7. The standard InChI is InChI=1S/C19H14F3NO3S/c1-26-14-8-2-11(3-9-14)10-15-16(18(24)25)27-17(23-15)12-4-6-13(7-5-12)19(20,21)22/h2-9H,10H2,1H3,(H,24,25)/p-1. The van der Waals surface area contributed by atoms with Crippen molar-refractivity contribution in [3.8, 4) is 16.3 Å². The van der Waals surface area contributed by atoms with Gasteiger partial charge in [-0.25, -0.2) is 4.98 Å². The zero-order chi connectivity index (χ0) is 19.6. The van der Waals surface area contributed by atoms with E-state index in [9.17, 15) is 23.1 Å². The predicted molar refractivity (Wildman–Crippen MR) is 92.7 cm³/mol. The summed E-state index contributed by atoms with van der Waals surface area (Å²) in [6.45, 7) is 0. The van der Waals surface area contributed by atoms with Crippen molar-refractivity contribution in [2.45, 2.75) is 12.6 Å². The second-order valence-electron chi connectivity index (χ2n) is 5.68. The van der Waals surface area contributed by atoms with E-state index in [1.165, 1.54) is 12.1 Å². The second kappa shape index (κ2) is 7.40. The van der Waals surface area contributed by atoms with Crippen LogP contribution in [0.4, 0.5) is 13.2 Å². The zero-order valence-electron chi connectivity index (χ0n) is 14.0. The number of aromatic nitrogens is 1. The molecule has 0 atom stereocenters. The van der Waals surface area contributed by atoms with E-state index in [0.717, 1.165) is 29.0 Å². The fraction of sp³-hybridized carbons (Fsp3) is 0.158. The molecule has 1 heterocycles. The average Bonchev–Trinajstić information content (AvgIpc) is 3.06. The lowest BCUT2D eigenvalue weighted by Crippen LogP contribution is -2.22. The Kier molecular flexibility index (Phi) is 5.18. The van der Waals surface area contributed by atoms with Crippen LogP contribution in [0.5, 0.6) is 5.75 Å². The molecule has 140 valence electrons. The number of carbonyl (C=O) groups is 1. The maximum Gasteiger partial charge on any atom is 0.416 e. The van der Waals surface area contributed by atoms with Gasteiger partial charge in [0, 0.05) is 12.0 Å². The van der Waals surface area contributed by atoms with Crippen molar-refractivity contribution in [1.82, 2.24) is 4.98 Å². The van der Waals surface area contributed by atoms with Gasteiger partial charge in [-0.15, -0.1) is 11.3 Å². The van der Waals surface area contributed by atoms with Crippen LogP contribution in [-0.4, -0.2) is 18.1 Å². The summed E-state index contributed by atoms with van der Waals surface area (Å²) in [6.07, 6.45) is -4.18. The van der Waals surface area contributed by atoms with Gasteiger partial charge in [-0.1, -0.05) is 24.3 Å². The molecular weight excluding hydrogens is 379 g/mol. The minimum Gasteiger partial charge on any atom is -0.544 e. The Morgan fingerprint density at radius 3 is 2.26 bits per heavy atom. The molecule has 0 unspecified atom stereocenters. The molecule has 8 heteroatoms. The van der Waals surface area contributed by atoms with Gasteiger partial charge in [0.1, 0.15) is 10.8 Å². The number of hydrogen-bond acceptors (Lipinski definition) is 5. The van der Waals surface area contributed by atoms with Crippen molar-refractivity contribution in [2.24, 2.45) is 0 Å². The molecule has 0 radical (unpaired) electrons. The van der Waals surface area contributed by atoms with E-state index in [1.54, 1.807) is 31.4 Å². The van der Waals surface area contributed by atoms with Gasteiger partial charge in [0.2, 0.25) is 0 Å². The number of thiazole rings is 1.